The molecular weight excluding hydrogens is 306 g/mol. The number of ether oxygens (including phenoxy) is 1. The minimum atomic E-state index is -0.459. The molecule has 1 fully saturated rings. The number of benzene rings is 1. The lowest BCUT2D eigenvalue weighted by molar-refractivity contribution is -0.127. The Labute approximate surface area is 122 Å². The fourth-order valence-corrected chi connectivity index (χ4v) is 2.25. The molecule has 19 heavy (non-hydrogen) atoms. The summed E-state index contributed by atoms with van der Waals surface area (Å²) in [7, 11) is 0. The molecule has 1 aliphatic rings. The molecule has 1 unspecified atom stereocenters. The second kappa shape index (κ2) is 5.95. The van der Waals surface area contributed by atoms with Gasteiger partial charge >= 0.3 is 0 Å². The van der Waals surface area contributed by atoms with E-state index >= 15 is 0 Å². The predicted molar refractivity (Wildman–Crippen MR) is 79.5 cm³/mol. The number of amides is 1. The lowest BCUT2D eigenvalue weighted by Gasteiger charge is -2.19. The fraction of sp³-hybridized carbons (Fsp3) is 0.533. The molecule has 0 spiro atoms. The van der Waals surface area contributed by atoms with Crippen molar-refractivity contribution in [3.05, 3.63) is 28.2 Å². The zero-order valence-corrected chi connectivity index (χ0v) is 13.2. The molecule has 0 saturated heterocycles. The van der Waals surface area contributed by atoms with Gasteiger partial charge in [-0.1, -0.05) is 29.8 Å². The van der Waals surface area contributed by atoms with Crippen LogP contribution < -0.4 is 10.1 Å². The second-order valence-corrected chi connectivity index (χ2v) is 6.30. The highest BCUT2D eigenvalue weighted by atomic mass is 79.9. The summed E-state index contributed by atoms with van der Waals surface area (Å²) in [6.45, 7) is 6.02. The van der Waals surface area contributed by atoms with Crippen molar-refractivity contribution in [3.63, 3.8) is 0 Å². The topological polar surface area (TPSA) is 38.3 Å². The van der Waals surface area contributed by atoms with Crippen LogP contribution in [0.2, 0.25) is 0 Å². The van der Waals surface area contributed by atoms with Crippen molar-refractivity contribution in [2.24, 2.45) is 0 Å². The Hall–Kier alpha value is -1.03. The fourth-order valence-electron chi connectivity index (χ4n) is 1.87. The average molecular weight is 326 g/mol. The zero-order valence-electron chi connectivity index (χ0n) is 11.6. The van der Waals surface area contributed by atoms with E-state index in [1.54, 1.807) is 6.92 Å². The molecule has 0 aliphatic heterocycles. The first-order valence-corrected chi connectivity index (χ1v) is 7.53. The van der Waals surface area contributed by atoms with Gasteiger partial charge in [-0.25, -0.2) is 0 Å². The normalized spacial score (nSPS) is 16.3. The monoisotopic (exact) mass is 325 g/mol. The summed E-state index contributed by atoms with van der Waals surface area (Å²) in [5.41, 5.74) is 1.11. The van der Waals surface area contributed by atoms with Gasteiger partial charge in [0.2, 0.25) is 0 Å². The summed E-state index contributed by atoms with van der Waals surface area (Å²) < 4.78 is 6.85. The van der Waals surface area contributed by atoms with Gasteiger partial charge in [0.15, 0.2) is 6.10 Å². The zero-order chi connectivity index (χ0) is 14.0. The van der Waals surface area contributed by atoms with Crippen molar-refractivity contribution in [2.45, 2.75) is 51.7 Å². The smallest absolute Gasteiger partial charge is 0.260 e. The second-order valence-electron chi connectivity index (χ2n) is 5.38. The van der Waals surface area contributed by atoms with E-state index in [1.807, 2.05) is 18.2 Å². The van der Waals surface area contributed by atoms with Gasteiger partial charge in [-0.2, -0.15) is 0 Å². The lowest BCUT2D eigenvalue weighted by atomic mass is 10.0. The summed E-state index contributed by atoms with van der Waals surface area (Å²) in [5, 5.41) is 2.96. The van der Waals surface area contributed by atoms with Crippen LogP contribution in [0, 0.1) is 0 Å². The maximum atomic E-state index is 11.9. The molecule has 3 nitrogen and oxygen atoms in total. The highest BCUT2D eigenvalue weighted by Gasteiger charge is 2.26. The van der Waals surface area contributed by atoms with E-state index in [4.69, 9.17) is 4.74 Å². The molecule has 1 amide bonds. The molecule has 4 heteroatoms. The SMILES string of the molecule is CC(Oc1ccc(Br)cc1C(C)C)C(=O)NC1CC1. The maximum Gasteiger partial charge on any atom is 0.260 e. The highest BCUT2D eigenvalue weighted by molar-refractivity contribution is 9.10. The van der Waals surface area contributed by atoms with Gasteiger partial charge in [0.1, 0.15) is 5.75 Å². The Bertz CT molecular complexity index is 469. The third-order valence-corrected chi connectivity index (χ3v) is 3.68. The third kappa shape index (κ3) is 3.96. The number of carbonyl (C=O) groups is 1. The Morgan fingerprint density at radius 1 is 1.37 bits per heavy atom. The van der Waals surface area contributed by atoms with E-state index in [-0.39, 0.29) is 5.91 Å². The summed E-state index contributed by atoms with van der Waals surface area (Å²) in [5.74, 6) is 1.11. The predicted octanol–water partition coefficient (Wildman–Crippen LogP) is 3.62. The Morgan fingerprint density at radius 2 is 2.05 bits per heavy atom. The molecule has 104 valence electrons. The minimum Gasteiger partial charge on any atom is -0.481 e. The Kier molecular flexibility index (Phi) is 4.50. The van der Waals surface area contributed by atoms with Crippen molar-refractivity contribution in [2.75, 3.05) is 0 Å². The molecule has 1 aliphatic carbocycles. The van der Waals surface area contributed by atoms with Crippen LogP contribution in [-0.2, 0) is 4.79 Å². The number of rotatable bonds is 5. The molecule has 1 aromatic carbocycles. The van der Waals surface area contributed by atoms with Gasteiger partial charge in [0.05, 0.1) is 0 Å². The molecular formula is C15H20BrNO2. The van der Waals surface area contributed by atoms with Gasteiger partial charge in [0.25, 0.3) is 5.91 Å². The molecule has 1 saturated carbocycles. The largest absolute Gasteiger partial charge is 0.481 e. The maximum absolute atomic E-state index is 11.9. The van der Waals surface area contributed by atoms with Crippen LogP contribution in [0.5, 0.6) is 5.75 Å². The van der Waals surface area contributed by atoms with E-state index in [0.717, 1.165) is 28.6 Å². The van der Waals surface area contributed by atoms with Crippen LogP contribution in [0.15, 0.2) is 22.7 Å². The van der Waals surface area contributed by atoms with E-state index in [1.165, 1.54) is 0 Å². The van der Waals surface area contributed by atoms with Crippen LogP contribution in [0.3, 0.4) is 0 Å². The van der Waals surface area contributed by atoms with E-state index < -0.39 is 6.10 Å². The van der Waals surface area contributed by atoms with Crippen LogP contribution in [-0.4, -0.2) is 18.1 Å². The molecule has 1 aromatic rings. The summed E-state index contributed by atoms with van der Waals surface area (Å²) >= 11 is 3.47. The molecule has 2 rings (SSSR count). The van der Waals surface area contributed by atoms with Crippen molar-refractivity contribution < 1.29 is 9.53 Å². The summed E-state index contributed by atoms with van der Waals surface area (Å²) in [6.07, 6.45) is 1.72. The van der Waals surface area contributed by atoms with E-state index in [0.29, 0.717) is 12.0 Å². The molecule has 0 heterocycles. The standard InChI is InChI=1S/C15H20BrNO2/c1-9(2)13-8-11(16)4-7-14(13)19-10(3)15(18)17-12-5-6-12/h4,7-10,12H,5-6H2,1-3H3,(H,17,18). The first-order chi connectivity index (χ1) is 8.97. The first-order valence-electron chi connectivity index (χ1n) is 6.74. The first kappa shape index (κ1) is 14.4. The molecule has 0 bridgehead atoms. The van der Waals surface area contributed by atoms with Crippen LogP contribution in [0.4, 0.5) is 0 Å². The minimum absolute atomic E-state index is 0.0277. The number of halogens is 1. The quantitative estimate of drug-likeness (QED) is 0.897. The summed E-state index contributed by atoms with van der Waals surface area (Å²) in [4.78, 5) is 11.9. The van der Waals surface area contributed by atoms with E-state index in [2.05, 4.69) is 35.1 Å². The number of hydrogen-bond donors (Lipinski definition) is 1. The van der Waals surface area contributed by atoms with Gasteiger partial charge in [-0.05, 0) is 49.4 Å². The lowest BCUT2D eigenvalue weighted by Crippen LogP contribution is -2.37. The number of carbonyl (C=O) groups excluding carboxylic acids is 1. The van der Waals surface area contributed by atoms with Gasteiger partial charge in [0, 0.05) is 10.5 Å². The van der Waals surface area contributed by atoms with Gasteiger partial charge in [-0.15, -0.1) is 0 Å². The summed E-state index contributed by atoms with van der Waals surface area (Å²) in [6, 6.07) is 6.27. The number of hydrogen-bond acceptors (Lipinski definition) is 2. The van der Waals surface area contributed by atoms with Crippen LogP contribution in [0.25, 0.3) is 0 Å². The van der Waals surface area contributed by atoms with Crippen molar-refractivity contribution in [1.29, 1.82) is 0 Å². The average Bonchev–Trinajstić information content (AvgIpc) is 3.14. The van der Waals surface area contributed by atoms with Crippen LogP contribution in [0.1, 0.15) is 45.1 Å². The van der Waals surface area contributed by atoms with E-state index in [9.17, 15) is 4.79 Å². The number of nitrogens with one attached hydrogen (secondary N) is 1. The Balaban J connectivity index is 2.06. The molecule has 0 aromatic heterocycles. The van der Waals surface area contributed by atoms with Gasteiger partial charge < -0.3 is 10.1 Å². The molecule has 0 radical (unpaired) electrons. The molecule has 1 atom stereocenters. The third-order valence-electron chi connectivity index (χ3n) is 3.19. The molecule has 1 N–H and O–H groups in total. The Morgan fingerprint density at radius 3 is 2.63 bits per heavy atom. The van der Waals surface area contributed by atoms with Crippen molar-refractivity contribution >= 4 is 21.8 Å². The van der Waals surface area contributed by atoms with Crippen LogP contribution >= 0.6 is 15.9 Å². The van der Waals surface area contributed by atoms with Gasteiger partial charge in [-0.3, -0.25) is 4.79 Å². The highest BCUT2D eigenvalue weighted by Crippen LogP contribution is 2.30. The van der Waals surface area contributed by atoms with Crippen molar-refractivity contribution in [3.8, 4) is 5.75 Å². The van der Waals surface area contributed by atoms with Crippen molar-refractivity contribution in [1.82, 2.24) is 5.32 Å².